The molecule has 0 amide bonds. The first kappa shape index (κ1) is 18.1. The number of ketones is 1. The molecule has 0 N–H and O–H groups in total. The maximum absolute atomic E-state index is 12.1. The van der Waals surface area contributed by atoms with Crippen LogP contribution in [-0.4, -0.2) is 30.8 Å². The van der Waals surface area contributed by atoms with E-state index in [4.69, 9.17) is 0 Å². The van der Waals surface area contributed by atoms with E-state index in [9.17, 15) is 4.79 Å². The Morgan fingerprint density at radius 1 is 1.16 bits per heavy atom. The van der Waals surface area contributed by atoms with Gasteiger partial charge < -0.3 is 0 Å². The largest absolute Gasteiger partial charge is 0.300 e. The number of hydrogen-bond donors (Lipinski definition) is 0. The van der Waals surface area contributed by atoms with Crippen LogP contribution in [0.5, 0.6) is 0 Å². The van der Waals surface area contributed by atoms with E-state index < -0.39 is 0 Å². The van der Waals surface area contributed by atoms with Crippen molar-refractivity contribution in [3.05, 3.63) is 35.4 Å². The second kappa shape index (κ2) is 9.11. The molecule has 0 spiro atoms. The molecule has 0 heterocycles. The number of nitrogens with zero attached hydrogens (tertiary/aromatic N) is 1. The number of likely N-dealkylation sites (N-methyl/N-ethyl adjacent to an activating group) is 1. The zero-order valence-electron chi connectivity index (χ0n) is 12.5. The molecule has 108 valence electrons. The fourth-order valence-corrected chi connectivity index (χ4v) is 1.89. The third kappa shape index (κ3) is 5.75. The van der Waals surface area contributed by atoms with Crippen LogP contribution in [0.1, 0.15) is 49.0 Å². The van der Waals surface area contributed by atoms with E-state index in [1.807, 2.05) is 38.1 Å². The summed E-state index contributed by atoms with van der Waals surface area (Å²) in [6.07, 6.45) is 4.87. The van der Waals surface area contributed by atoms with E-state index in [1.54, 1.807) is 0 Å². The smallest absolute Gasteiger partial charge is 0.179 e. The number of carbonyl (C=O) groups is 1. The summed E-state index contributed by atoms with van der Waals surface area (Å²) in [5.41, 5.74) is 2.15. The van der Waals surface area contributed by atoms with Crippen LogP contribution >= 0.6 is 12.4 Å². The molecular weight excluding hydrogens is 258 g/mol. The Bertz CT molecular complexity index is 373. The van der Waals surface area contributed by atoms with Crippen LogP contribution in [0.4, 0.5) is 0 Å². The minimum absolute atomic E-state index is 0. The molecular formula is C16H26ClNO. The van der Waals surface area contributed by atoms with E-state index in [-0.39, 0.29) is 24.2 Å². The van der Waals surface area contributed by atoms with Crippen molar-refractivity contribution in [3.63, 3.8) is 0 Å². The molecule has 0 aliphatic carbocycles. The number of hydrogen-bond acceptors (Lipinski definition) is 2. The van der Waals surface area contributed by atoms with E-state index in [0.29, 0.717) is 0 Å². The Morgan fingerprint density at radius 2 is 1.74 bits per heavy atom. The van der Waals surface area contributed by atoms with Gasteiger partial charge in [0, 0.05) is 5.56 Å². The molecule has 0 radical (unpaired) electrons. The third-order valence-electron chi connectivity index (χ3n) is 3.46. The van der Waals surface area contributed by atoms with Crippen molar-refractivity contribution in [1.29, 1.82) is 0 Å². The van der Waals surface area contributed by atoms with E-state index in [1.165, 1.54) is 24.8 Å². The van der Waals surface area contributed by atoms with Crippen molar-refractivity contribution < 1.29 is 4.79 Å². The van der Waals surface area contributed by atoms with Gasteiger partial charge in [-0.2, -0.15) is 0 Å². The fraction of sp³-hybridized carbons (Fsp3) is 0.562. The molecule has 0 saturated carbocycles. The van der Waals surface area contributed by atoms with Gasteiger partial charge in [0.15, 0.2) is 5.78 Å². The van der Waals surface area contributed by atoms with Crippen molar-refractivity contribution in [1.82, 2.24) is 4.90 Å². The van der Waals surface area contributed by atoms with Crippen LogP contribution in [0.25, 0.3) is 0 Å². The monoisotopic (exact) mass is 283 g/mol. The van der Waals surface area contributed by atoms with Crippen LogP contribution < -0.4 is 0 Å². The molecule has 0 fully saturated rings. The lowest BCUT2D eigenvalue weighted by molar-refractivity contribution is 0.0890. The zero-order valence-corrected chi connectivity index (χ0v) is 13.3. The summed E-state index contributed by atoms with van der Waals surface area (Å²) in [6.45, 7) is 4.15. The summed E-state index contributed by atoms with van der Waals surface area (Å²) in [5.74, 6) is 0.195. The SMILES string of the molecule is CCCCCc1ccc(C(=O)C(C)N(C)C)cc1.Cl. The van der Waals surface area contributed by atoms with Crippen LogP contribution in [0.2, 0.25) is 0 Å². The van der Waals surface area contributed by atoms with Gasteiger partial charge in [-0.3, -0.25) is 9.69 Å². The average molecular weight is 284 g/mol. The Morgan fingerprint density at radius 3 is 2.21 bits per heavy atom. The highest BCUT2D eigenvalue weighted by Gasteiger charge is 2.16. The summed E-state index contributed by atoms with van der Waals surface area (Å²) in [4.78, 5) is 14.1. The number of halogens is 1. The Kier molecular flexibility index (Phi) is 8.70. The highest BCUT2D eigenvalue weighted by atomic mass is 35.5. The van der Waals surface area contributed by atoms with Gasteiger partial charge in [0.25, 0.3) is 0 Å². The summed E-state index contributed by atoms with van der Waals surface area (Å²) < 4.78 is 0. The minimum Gasteiger partial charge on any atom is -0.300 e. The summed E-state index contributed by atoms with van der Waals surface area (Å²) in [6, 6.07) is 8.04. The van der Waals surface area contributed by atoms with Gasteiger partial charge in [-0.1, -0.05) is 44.0 Å². The van der Waals surface area contributed by atoms with Crippen LogP contribution in [0.3, 0.4) is 0 Å². The summed E-state index contributed by atoms with van der Waals surface area (Å²) >= 11 is 0. The predicted octanol–water partition coefficient (Wildman–Crippen LogP) is 3.97. The highest BCUT2D eigenvalue weighted by molar-refractivity contribution is 5.99. The molecule has 0 aromatic heterocycles. The lowest BCUT2D eigenvalue weighted by Gasteiger charge is -2.18. The number of Topliss-reactive ketones (excluding diaryl/α,β-unsaturated/α-hetero) is 1. The second-order valence-corrected chi connectivity index (χ2v) is 5.16. The minimum atomic E-state index is -0.0593. The fourth-order valence-electron chi connectivity index (χ4n) is 1.89. The lowest BCUT2D eigenvalue weighted by Crippen LogP contribution is -2.32. The summed E-state index contributed by atoms with van der Waals surface area (Å²) in [5, 5.41) is 0. The van der Waals surface area contributed by atoms with Gasteiger partial charge in [-0.25, -0.2) is 0 Å². The van der Waals surface area contributed by atoms with Gasteiger partial charge in [0.1, 0.15) is 0 Å². The van der Waals surface area contributed by atoms with Gasteiger partial charge in [-0.15, -0.1) is 12.4 Å². The van der Waals surface area contributed by atoms with Gasteiger partial charge in [-0.05, 0) is 39.4 Å². The molecule has 1 aromatic carbocycles. The molecule has 1 atom stereocenters. The van der Waals surface area contributed by atoms with Gasteiger partial charge >= 0.3 is 0 Å². The predicted molar refractivity (Wildman–Crippen MR) is 84.4 cm³/mol. The van der Waals surface area contributed by atoms with Crippen LogP contribution in [0.15, 0.2) is 24.3 Å². The van der Waals surface area contributed by atoms with Crippen molar-refractivity contribution in [2.75, 3.05) is 14.1 Å². The Labute approximate surface area is 123 Å². The molecule has 0 saturated heterocycles. The van der Waals surface area contributed by atoms with Crippen molar-refractivity contribution in [2.45, 2.75) is 45.6 Å². The van der Waals surface area contributed by atoms with Gasteiger partial charge in [0.05, 0.1) is 6.04 Å². The molecule has 1 unspecified atom stereocenters. The molecule has 1 aromatic rings. The quantitative estimate of drug-likeness (QED) is 0.557. The molecule has 0 aliphatic heterocycles. The lowest BCUT2D eigenvalue weighted by atomic mass is 10.0. The number of benzene rings is 1. The number of aryl methyl sites for hydroxylation is 1. The van der Waals surface area contributed by atoms with Crippen LogP contribution in [-0.2, 0) is 6.42 Å². The number of rotatable bonds is 7. The van der Waals surface area contributed by atoms with Crippen molar-refractivity contribution >= 4 is 18.2 Å². The number of unbranched alkanes of at least 4 members (excludes halogenated alkanes) is 2. The second-order valence-electron chi connectivity index (χ2n) is 5.16. The molecule has 0 bridgehead atoms. The molecule has 1 rings (SSSR count). The first-order valence-electron chi connectivity index (χ1n) is 6.85. The summed E-state index contributed by atoms with van der Waals surface area (Å²) in [7, 11) is 3.86. The van der Waals surface area contributed by atoms with E-state index in [2.05, 4.69) is 19.1 Å². The maximum Gasteiger partial charge on any atom is 0.179 e. The van der Waals surface area contributed by atoms with E-state index in [0.717, 1.165) is 12.0 Å². The molecule has 19 heavy (non-hydrogen) atoms. The number of carbonyl (C=O) groups excluding carboxylic acids is 1. The van der Waals surface area contributed by atoms with Crippen molar-refractivity contribution in [3.8, 4) is 0 Å². The topological polar surface area (TPSA) is 20.3 Å². The molecule has 3 heteroatoms. The normalized spacial score (nSPS) is 12.1. The highest BCUT2D eigenvalue weighted by Crippen LogP contribution is 2.11. The Balaban J connectivity index is 0.00000324. The first-order valence-corrected chi connectivity index (χ1v) is 6.85. The average Bonchev–Trinajstić information content (AvgIpc) is 2.38. The van der Waals surface area contributed by atoms with Gasteiger partial charge in [0.2, 0.25) is 0 Å². The van der Waals surface area contributed by atoms with E-state index >= 15 is 0 Å². The molecule has 0 aliphatic rings. The maximum atomic E-state index is 12.1. The van der Waals surface area contributed by atoms with Crippen molar-refractivity contribution in [2.24, 2.45) is 0 Å². The van der Waals surface area contributed by atoms with Crippen LogP contribution in [0, 0.1) is 0 Å². The third-order valence-corrected chi connectivity index (χ3v) is 3.46. The standard InChI is InChI=1S/C16H25NO.ClH/c1-5-6-7-8-14-9-11-15(12-10-14)16(18)13(2)17(3)4;/h9-13H,5-8H2,1-4H3;1H. The zero-order chi connectivity index (χ0) is 13.5. The Hall–Kier alpha value is -0.860. The first-order chi connectivity index (χ1) is 8.56. The molecule has 2 nitrogen and oxygen atoms in total.